The molecule has 3 aliphatic rings. The van der Waals surface area contributed by atoms with E-state index < -0.39 is 0 Å². The molecule has 0 spiro atoms. The summed E-state index contributed by atoms with van der Waals surface area (Å²) in [6.07, 6.45) is 2.76. The minimum Gasteiger partial charge on any atom is -0.377 e. The van der Waals surface area contributed by atoms with Gasteiger partial charge in [-0.2, -0.15) is 0 Å². The Morgan fingerprint density at radius 3 is 3.14 bits per heavy atom. The van der Waals surface area contributed by atoms with Crippen molar-refractivity contribution in [2.24, 2.45) is 0 Å². The fourth-order valence-corrected chi connectivity index (χ4v) is 4.68. The molecule has 3 aliphatic heterocycles. The minimum absolute atomic E-state index is 0.454. The number of nitrogens with zero attached hydrogens (tertiary/aromatic N) is 2. The zero-order chi connectivity index (χ0) is 14.7. The lowest BCUT2D eigenvalue weighted by molar-refractivity contribution is -0.120. The Labute approximate surface area is 135 Å². The number of morpholine rings is 1. The van der Waals surface area contributed by atoms with Crippen molar-refractivity contribution in [2.45, 2.75) is 25.0 Å². The van der Waals surface area contributed by atoms with Crippen LogP contribution in [0.1, 0.15) is 23.7 Å². The third kappa shape index (κ3) is 1.88. The van der Waals surface area contributed by atoms with Gasteiger partial charge in [0, 0.05) is 41.3 Å². The highest BCUT2D eigenvalue weighted by atomic mass is 35.5. The highest BCUT2D eigenvalue weighted by Crippen LogP contribution is 2.41. The third-order valence-electron chi connectivity index (χ3n) is 5.54. The molecular formula is C17H20ClN3O. The van der Waals surface area contributed by atoms with Crippen LogP contribution in [0.25, 0.3) is 10.9 Å². The second kappa shape index (κ2) is 4.96. The molecule has 5 heteroatoms. The summed E-state index contributed by atoms with van der Waals surface area (Å²) in [4.78, 5) is 8.89. The van der Waals surface area contributed by atoms with Crippen molar-refractivity contribution < 1.29 is 4.74 Å². The van der Waals surface area contributed by atoms with Gasteiger partial charge in [0.05, 0.1) is 25.4 Å². The maximum atomic E-state index is 6.16. The van der Waals surface area contributed by atoms with Crippen molar-refractivity contribution in [2.75, 3.05) is 32.8 Å². The van der Waals surface area contributed by atoms with Gasteiger partial charge in [-0.15, -0.1) is 0 Å². The normalized spacial score (nSPS) is 29.1. The summed E-state index contributed by atoms with van der Waals surface area (Å²) >= 11 is 6.16. The van der Waals surface area contributed by atoms with Crippen molar-refractivity contribution in [3.8, 4) is 0 Å². The zero-order valence-electron chi connectivity index (χ0n) is 12.5. The van der Waals surface area contributed by atoms with Gasteiger partial charge in [0.2, 0.25) is 0 Å². The predicted octanol–water partition coefficient (Wildman–Crippen LogP) is 2.78. The van der Waals surface area contributed by atoms with Crippen LogP contribution in [0.15, 0.2) is 18.2 Å². The predicted molar refractivity (Wildman–Crippen MR) is 87.3 cm³/mol. The number of aromatic amines is 1. The van der Waals surface area contributed by atoms with E-state index in [9.17, 15) is 0 Å². The minimum atomic E-state index is 0.454. The standard InChI is InChI=1S/C17H20ClN3O/c18-11-1-2-12-13-3-6-21-15(17(13)19-14(12)9-11)4-5-20-7-8-22-10-16(20)21/h1-2,9,15-16,19H,3-8,10H2/t15-,16-/m0/s1. The van der Waals surface area contributed by atoms with Gasteiger partial charge in [-0.1, -0.05) is 17.7 Å². The van der Waals surface area contributed by atoms with Gasteiger partial charge in [0.1, 0.15) is 0 Å². The first-order valence-corrected chi connectivity index (χ1v) is 8.56. The Morgan fingerprint density at radius 1 is 1.23 bits per heavy atom. The molecular weight excluding hydrogens is 298 g/mol. The molecule has 5 rings (SSSR count). The number of aromatic nitrogens is 1. The molecule has 1 aromatic heterocycles. The van der Waals surface area contributed by atoms with Crippen molar-refractivity contribution in [3.63, 3.8) is 0 Å². The Bertz CT molecular complexity index is 728. The lowest BCUT2D eigenvalue weighted by Gasteiger charge is -2.51. The third-order valence-corrected chi connectivity index (χ3v) is 5.77. The molecule has 0 aliphatic carbocycles. The van der Waals surface area contributed by atoms with Crippen molar-refractivity contribution >= 4 is 22.5 Å². The lowest BCUT2D eigenvalue weighted by atomic mass is 9.92. The van der Waals surface area contributed by atoms with Crippen molar-refractivity contribution in [1.29, 1.82) is 0 Å². The molecule has 4 nitrogen and oxygen atoms in total. The molecule has 0 saturated carbocycles. The average Bonchev–Trinajstić information content (AvgIpc) is 2.92. The summed E-state index contributed by atoms with van der Waals surface area (Å²) < 4.78 is 5.74. The van der Waals surface area contributed by atoms with Crippen LogP contribution in [0.4, 0.5) is 0 Å². The van der Waals surface area contributed by atoms with Gasteiger partial charge in [0.25, 0.3) is 0 Å². The first-order chi connectivity index (χ1) is 10.8. The molecule has 2 fully saturated rings. The van der Waals surface area contributed by atoms with E-state index >= 15 is 0 Å². The number of halogens is 1. The zero-order valence-corrected chi connectivity index (χ0v) is 13.3. The molecule has 2 aromatic rings. The number of nitrogens with one attached hydrogen (secondary N) is 1. The molecule has 4 heterocycles. The number of benzene rings is 1. The van der Waals surface area contributed by atoms with Gasteiger partial charge < -0.3 is 9.72 Å². The van der Waals surface area contributed by atoms with E-state index in [1.807, 2.05) is 6.07 Å². The number of ether oxygens (including phenoxy) is 1. The molecule has 116 valence electrons. The Morgan fingerprint density at radius 2 is 2.18 bits per heavy atom. The Balaban J connectivity index is 1.58. The molecule has 1 aromatic carbocycles. The second-order valence-corrected chi connectivity index (χ2v) is 7.03. The van der Waals surface area contributed by atoms with Crippen LogP contribution < -0.4 is 0 Å². The fraction of sp³-hybridized carbons (Fsp3) is 0.529. The number of rotatable bonds is 0. The van der Waals surface area contributed by atoms with E-state index in [0.29, 0.717) is 12.2 Å². The molecule has 0 unspecified atom stereocenters. The fourth-order valence-electron chi connectivity index (χ4n) is 4.51. The monoisotopic (exact) mass is 317 g/mol. The highest BCUT2D eigenvalue weighted by molar-refractivity contribution is 6.31. The average molecular weight is 318 g/mol. The van der Waals surface area contributed by atoms with E-state index in [1.54, 1.807) is 0 Å². The molecule has 2 atom stereocenters. The molecule has 22 heavy (non-hydrogen) atoms. The molecule has 0 amide bonds. The highest BCUT2D eigenvalue weighted by Gasteiger charge is 2.41. The Kier molecular flexibility index (Phi) is 3.02. The van der Waals surface area contributed by atoms with Gasteiger partial charge >= 0.3 is 0 Å². The summed E-state index contributed by atoms with van der Waals surface area (Å²) in [6, 6.07) is 6.72. The van der Waals surface area contributed by atoms with Crippen LogP contribution >= 0.6 is 11.6 Å². The summed E-state index contributed by atoms with van der Waals surface area (Å²) in [5, 5.41) is 2.15. The van der Waals surface area contributed by atoms with E-state index in [4.69, 9.17) is 16.3 Å². The van der Waals surface area contributed by atoms with Crippen LogP contribution in [0.2, 0.25) is 5.02 Å². The number of hydrogen-bond acceptors (Lipinski definition) is 3. The van der Waals surface area contributed by atoms with Gasteiger partial charge in [0.15, 0.2) is 0 Å². The van der Waals surface area contributed by atoms with Crippen LogP contribution in [-0.4, -0.2) is 53.8 Å². The quantitative estimate of drug-likeness (QED) is 0.811. The first-order valence-electron chi connectivity index (χ1n) is 8.19. The van der Waals surface area contributed by atoms with Crippen LogP contribution in [0.5, 0.6) is 0 Å². The van der Waals surface area contributed by atoms with Crippen LogP contribution in [-0.2, 0) is 11.2 Å². The van der Waals surface area contributed by atoms with Crippen LogP contribution in [0, 0.1) is 0 Å². The van der Waals surface area contributed by atoms with E-state index in [-0.39, 0.29) is 0 Å². The SMILES string of the molecule is Clc1ccc2c3c([nH]c2c1)[C@@H]1CCN2CCOC[C@@H]2N1CC3. The molecule has 0 bridgehead atoms. The lowest BCUT2D eigenvalue weighted by Crippen LogP contribution is -2.61. The second-order valence-electron chi connectivity index (χ2n) is 6.59. The maximum Gasteiger partial charge on any atom is 0.0870 e. The summed E-state index contributed by atoms with van der Waals surface area (Å²) in [5.41, 5.74) is 4.09. The summed E-state index contributed by atoms with van der Waals surface area (Å²) in [6.45, 7) is 5.09. The topological polar surface area (TPSA) is 31.5 Å². The van der Waals surface area contributed by atoms with Gasteiger partial charge in [-0.05, 0) is 30.5 Å². The molecule has 0 radical (unpaired) electrons. The molecule has 1 N–H and O–H groups in total. The number of H-pyrrole nitrogens is 1. The van der Waals surface area contributed by atoms with Crippen molar-refractivity contribution in [1.82, 2.24) is 14.8 Å². The Hall–Kier alpha value is -1.07. The van der Waals surface area contributed by atoms with E-state index in [0.717, 1.165) is 37.7 Å². The molecule has 2 saturated heterocycles. The summed E-state index contributed by atoms with van der Waals surface area (Å²) in [5.74, 6) is 0. The van der Waals surface area contributed by atoms with Crippen molar-refractivity contribution in [3.05, 3.63) is 34.5 Å². The maximum absolute atomic E-state index is 6.16. The smallest absolute Gasteiger partial charge is 0.0870 e. The van der Waals surface area contributed by atoms with Gasteiger partial charge in [-0.25, -0.2) is 0 Å². The van der Waals surface area contributed by atoms with E-state index in [2.05, 4.69) is 26.9 Å². The van der Waals surface area contributed by atoms with E-state index in [1.165, 1.54) is 35.1 Å². The van der Waals surface area contributed by atoms with Gasteiger partial charge in [-0.3, -0.25) is 9.80 Å². The largest absolute Gasteiger partial charge is 0.377 e. The summed E-state index contributed by atoms with van der Waals surface area (Å²) in [7, 11) is 0. The first kappa shape index (κ1) is 13.4. The number of hydrogen-bond donors (Lipinski definition) is 1. The number of fused-ring (bicyclic) bond motifs is 7. The van der Waals surface area contributed by atoms with Crippen LogP contribution in [0.3, 0.4) is 0 Å².